The highest BCUT2D eigenvalue weighted by molar-refractivity contribution is 6.04. The first-order valence-corrected chi connectivity index (χ1v) is 8.33. The van der Waals surface area contributed by atoms with Crippen molar-refractivity contribution in [2.45, 2.75) is 32.7 Å². The van der Waals surface area contributed by atoms with E-state index in [0.29, 0.717) is 23.5 Å². The summed E-state index contributed by atoms with van der Waals surface area (Å²) in [4.78, 5) is 13.9. The van der Waals surface area contributed by atoms with Crippen LogP contribution in [0.1, 0.15) is 42.3 Å². The van der Waals surface area contributed by atoms with Gasteiger partial charge in [0.2, 0.25) is 0 Å². The number of piperidine rings is 1. The highest BCUT2D eigenvalue weighted by Crippen LogP contribution is 2.30. The molecule has 24 heavy (non-hydrogen) atoms. The fraction of sp³-hybridized carbons (Fsp3) is 0.500. The molecule has 0 spiro atoms. The Hall–Kier alpha value is -1.72. The van der Waals surface area contributed by atoms with Crippen molar-refractivity contribution < 1.29 is 36.0 Å². The Morgan fingerprint density at radius 1 is 1.25 bits per heavy atom. The Kier molecular flexibility index (Phi) is 6.52. The van der Waals surface area contributed by atoms with Gasteiger partial charge in [0, 0.05) is 5.39 Å². The lowest BCUT2D eigenvalue weighted by atomic mass is 10.1. The largest absolute Gasteiger partial charge is 1.00 e. The summed E-state index contributed by atoms with van der Waals surface area (Å²) in [6, 6.07) is 5.55. The first-order valence-electron chi connectivity index (χ1n) is 8.33. The van der Waals surface area contributed by atoms with Crippen LogP contribution >= 0.6 is 0 Å². The molecule has 5 nitrogen and oxygen atoms in total. The van der Waals surface area contributed by atoms with Crippen molar-refractivity contribution in [3.8, 4) is 5.75 Å². The minimum Gasteiger partial charge on any atom is -1.00 e. The molecule has 0 saturated carbocycles. The van der Waals surface area contributed by atoms with Gasteiger partial charge >= 0.3 is 5.97 Å². The second-order valence-electron chi connectivity index (χ2n) is 5.97. The van der Waals surface area contributed by atoms with E-state index in [-0.39, 0.29) is 18.4 Å². The number of esters is 1. The Balaban J connectivity index is 0.00000208. The molecular formula is C18H24ClNO4. The molecule has 3 rings (SSSR count). The van der Waals surface area contributed by atoms with E-state index in [1.165, 1.54) is 24.2 Å². The molecule has 132 valence electrons. The predicted molar refractivity (Wildman–Crippen MR) is 87.0 cm³/mol. The fourth-order valence-corrected chi connectivity index (χ4v) is 3.26. The smallest absolute Gasteiger partial charge is 0.342 e. The lowest BCUT2D eigenvalue weighted by Gasteiger charge is -2.22. The maximum absolute atomic E-state index is 12.4. The zero-order valence-electron chi connectivity index (χ0n) is 14.2. The van der Waals surface area contributed by atoms with Crippen LogP contribution in [0.5, 0.6) is 5.75 Å². The van der Waals surface area contributed by atoms with Crippen molar-refractivity contribution in [1.29, 1.82) is 0 Å². The number of benzene rings is 1. The van der Waals surface area contributed by atoms with E-state index in [2.05, 4.69) is 0 Å². The van der Waals surface area contributed by atoms with Gasteiger partial charge in [0.15, 0.2) is 5.76 Å². The molecule has 1 aromatic carbocycles. The summed E-state index contributed by atoms with van der Waals surface area (Å²) in [6.07, 6.45) is 3.77. The predicted octanol–water partition coefficient (Wildman–Crippen LogP) is -0.809. The molecule has 0 aliphatic carbocycles. The fourth-order valence-electron chi connectivity index (χ4n) is 3.26. The molecule has 1 aliphatic heterocycles. The van der Waals surface area contributed by atoms with Gasteiger partial charge in [0.1, 0.15) is 23.4 Å². The van der Waals surface area contributed by atoms with Crippen LogP contribution in [0.3, 0.4) is 0 Å². The molecule has 0 atom stereocenters. The maximum Gasteiger partial charge on any atom is 0.342 e. The average molecular weight is 354 g/mol. The summed E-state index contributed by atoms with van der Waals surface area (Å²) in [5.74, 6) is 1.12. The van der Waals surface area contributed by atoms with Gasteiger partial charge in [-0.15, -0.1) is 0 Å². The van der Waals surface area contributed by atoms with E-state index in [4.69, 9.17) is 13.9 Å². The number of furan rings is 1. The molecule has 1 fully saturated rings. The number of ether oxygens (including phenoxy) is 2. The van der Waals surface area contributed by atoms with Gasteiger partial charge in [-0.1, -0.05) is 0 Å². The summed E-state index contributed by atoms with van der Waals surface area (Å²) in [5.41, 5.74) is 1.26. The highest BCUT2D eigenvalue weighted by Gasteiger charge is 2.26. The van der Waals surface area contributed by atoms with Crippen molar-refractivity contribution in [3.05, 3.63) is 29.5 Å². The molecule has 1 saturated heterocycles. The minimum absolute atomic E-state index is 0. The molecule has 2 aromatic rings. The van der Waals surface area contributed by atoms with Crippen molar-refractivity contribution in [1.82, 2.24) is 0 Å². The van der Waals surface area contributed by atoms with Gasteiger partial charge in [-0.3, -0.25) is 0 Å². The van der Waals surface area contributed by atoms with Gasteiger partial charge < -0.3 is 31.2 Å². The van der Waals surface area contributed by atoms with E-state index >= 15 is 0 Å². The Morgan fingerprint density at radius 2 is 2.00 bits per heavy atom. The molecule has 6 heteroatoms. The number of quaternary nitrogens is 1. The third-order valence-corrected chi connectivity index (χ3v) is 4.42. The molecule has 0 radical (unpaired) electrons. The molecular weight excluding hydrogens is 330 g/mol. The van der Waals surface area contributed by atoms with Gasteiger partial charge in [-0.05, 0) is 44.4 Å². The standard InChI is InChI=1S/C18H23NO4.ClH/c1-3-22-18(20)17-14-11-13(21-2)7-8-15(14)23-16(17)12-19-9-5-4-6-10-19;/h7-8,11H,3-6,9-10,12H2,1-2H3;1H. The molecule has 0 bridgehead atoms. The quantitative estimate of drug-likeness (QED) is 0.714. The monoisotopic (exact) mass is 353 g/mol. The van der Waals surface area contributed by atoms with Crippen LogP contribution in [0.15, 0.2) is 22.6 Å². The van der Waals surface area contributed by atoms with Crippen molar-refractivity contribution >= 4 is 16.9 Å². The van der Waals surface area contributed by atoms with Gasteiger partial charge in [-0.25, -0.2) is 4.79 Å². The van der Waals surface area contributed by atoms with E-state index in [1.807, 2.05) is 25.1 Å². The minimum atomic E-state index is -0.314. The lowest BCUT2D eigenvalue weighted by molar-refractivity contribution is -0.919. The Labute approximate surface area is 148 Å². The third kappa shape index (κ3) is 3.84. The maximum atomic E-state index is 12.4. The number of carbonyl (C=O) groups excluding carboxylic acids is 1. The molecule has 1 aliphatic rings. The zero-order chi connectivity index (χ0) is 16.2. The first-order chi connectivity index (χ1) is 11.2. The molecule has 1 N–H and O–H groups in total. The van der Waals surface area contributed by atoms with Crippen LogP contribution < -0.4 is 22.0 Å². The van der Waals surface area contributed by atoms with E-state index in [9.17, 15) is 4.79 Å². The Morgan fingerprint density at radius 3 is 2.67 bits per heavy atom. The second-order valence-corrected chi connectivity index (χ2v) is 5.97. The van der Waals surface area contributed by atoms with Crippen LogP contribution in [0.2, 0.25) is 0 Å². The van der Waals surface area contributed by atoms with Crippen molar-refractivity contribution in [2.24, 2.45) is 0 Å². The molecule has 0 amide bonds. The number of carbonyl (C=O) groups is 1. The zero-order valence-corrected chi connectivity index (χ0v) is 14.9. The third-order valence-electron chi connectivity index (χ3n) is 4.42. The number of likely N-dealkylation sites (tertiary alicyclic amines) is 1. The molecule has 2 heterocycles. The molecule has 0 unspecified atom stereocenters. The van der Waals surface area contributed by atoms with Crippen molar-refractivity contribution in [2.75, 3.05) is 26.8 Å². The van der Waals surface area contributed by atoms with Gasteiger partial charge in [0.25, 0.3) is 0 Å². The van der Waals surface area contributed by atoms with E-state index in [0.717, 1.165) is 30.8 Å². The number of methoxy groups -OCH3 is 1. The topological polar surface area (TPSA) is 53.1 Å². The summed E-state index contributed by atoms with van der Waals surface area (Å²) >= 11 is 0. The first kappa shape index (κ1) is 18.6. The SMILES string of the molecule is CCOC(=O)c1c(C[NH+]2CCCCC2)oc2ccc(OC)cc12.[Cl-]. The summed E-state index contributed by atoms with van der Waals surface area (Å²) in [5, 5.41) is 0.772. The normalized spacial score (nSPS) is 15.1. The van der Waals surface area contributed by atoms with Crippen LogP contribution in [0, 0.1) is 0 Å². The number of nitrogens with one attached hydrogen (secondary N) is 1. The number of hydrogen-bond donors (Lipinski definition) is 1. The Bertz CT molecular complexity index is 692. The average Bonchev–Trinajstić information content (AvgIpc) is 2.92. The van der Waals surface area contributed by atoms with Crippen LogP contribution in [0.4, 0.5) is 0 Å². The van der Waals surface area contributed by atoms with Crippen LogP contribution in [-0.2, 0) is 11.3 Å². The highest BCUT2D eigenvalue weighted by atomic mass is 35.5. The second kappa shape index (κ2) is 8.40. The summed E-state index contributed by atoms with van der Waals surface area (Å²) in [6.45, 7) is 5.15. The van der Waals surface area contributed by atoms with Gasteiger partial charge in [-0.2, -0.15) is 0 Å². The number of halogens is 1. The van der Waals surface area contributed by atoms with Gasteiger partial charge in [0.05, 0.1) is 26.8 Å². The lowest BCUT2D eigenvalue weighted by Crippen LogP contribution is -3.11. The number of fused-ring (bicyclic) bond motifs is 1. The van der Waals surface area contributed by atoms with E-state index in [1.54, 1.807) is 7.11 Å². The van der Waals surface area contributed by atoms with E-state index < -0.39 is 0 Å². The summed E-state index contributed by atoms with van der Waals surface area (Å²) in [7, 11) is 1.62. The summed E-state index contributed by atoms with van der Waals surface area (Å²) < 4.78 is 16.5. The van der Waals surface area contributed by atoms with Crippen LogP contribution in [0.25, 0.3) is 11.0 Å². The van der Waals surface area contributed by atoms with Crippen LogP contribution in [-0.4, -0.2) is 32.8 Å². The number of hydrogen-bond acceptors (Lipinski definition) is 4. The molecule has 1 aromatic heterocycles. The number of rotatable bonds is 5. The van der Waals surface area contributed by atoms with Crippen molar-refractivity contribution in [3.63, 3.8) is 0 Å².